The highest BCUT2D eigenvalue weighted by atomic mass is 14.9. The molecule has 0 aliphatic heterocycles. The van der Waals surface area contributed by atoms with Gasteiger partial charge in [-0.05, 0) is 45.2 Å². The van der Waals surface area contributed by atoms with Crippen LogP contribution in [-0.4, -0.2) is 13.1 Å². The van der Waals surface area contributed by atoms with Gasteiger partial charge in [-0.2, -0.15) is 0 Å². The van der Waals surface area contributed by atoms with Crippen LogP contribution in [-0.2, 0) is 5.41 Å². The number of aryl methyl sites for hydroxylation is 2. The van der Waals surface area contributed by atoms with Crippen molar-refractivity contribution in [2.45, 2.75) is 52.5 Å². The van der Waals surface area contributed by atoms with Crippen molar-refractivity contribution in [3.05, 3.63) is 34.9 Å². The van der Waals surface area contributed by atoms with Crippen molar-refractivity contribution >= 4 is 0 Å². The molecule has 1 atom stereocenters. The quantitative estimate of drug-likeness (QED) is 0.816. The van der Waals surface area contributed by atoms with Gasteiger partial charge >= 0.3 is 0 Å². The molecule has 0 bridgehead atoms. The molecule has 1 unspecified atom stereocenters. The Bertz CT molecular complexity index is 332. The van der Waals surface area contributed by atoms with Crippen LogP contribution in [0, 0.1) is 13.8 Å². The summed E-state index contributed by atoms with van der Waals surface area (Å²) >= 11 is 0. The molecule has 1 aromatic rings. The second kappa shape index (κ2) is 5.01. The summed E-state index contributed by atoms with van der Waals surface area (Å²) < 4.78 is 0. The van der Waals surface area contributed by atoms with E-state index in [9.17, 15) is 0 Å². The van der Waals surface area contributed by atoms with Crippen LogP contribution in [0.3, 0.4) is 0 Å². The summed E-state index contributed by atoms with van der Waals surface area (Å²) in [6.07, 6.45) is 1.16. The average molecular weight is 219 g/mol. The SMILES string of the molecule is CNC(C)CC(C)(C)c1cc(C)cc(C)c1. The van der Waals surface area contributed by atoms with E-state index < -0.39 is 0 Å². The van der Waals surface area contributed by atoms with Crippen molar-refractivity contribution in [3.63, 3.8) is 0 Å². The van der Waals surface area contributed by atoms with Gasteiger partial charge in [0.15, 0.2) is 0 Å². The van der Waals surface area contributed by atoms with Crippen LogP contribution in [0.15, 0.2) is 18.2 Å². The van der Waals surface area contributed by atoms with Crippen LogP contribution in [0.2, 0.25) is 0 Å². The molecule has 1 heteroatoms. The Morgan fingerprint density at radius 1 is 1.12 bits per heavy atom. The standard InChI is InChI=1S/C15H25N/c1-11-7-12(2)9-14(8-11)15(4,5)10-13(3)16-6/h7-9,13,16H,10H2,1-6H3. The Morgan fingerprint density at radius 2 is 1.62 bits per heavy atom. The number of hydrogen-bond donors (Lipinski definition) is 1. The number of hydrogen-bond acceptors (Lipinski definition) is 1. The lowest BCUT2D eigenvalue weighted by Gasteiger charge is -2.29. The monoisotopic (exact) mass is 219 g/mol. The summed E-state index contributed by atoms with van der Waals surface area (Å²) in [6.45, 7) is 11.2. The Labute approximate surface area is 100 Å². The molecule has 0 amide bonds. The van der Waals surface area contributed by atoms with Gasteiger partial charge in [-0.25, -0.2) is 0 Å². The number of nitrogens with one attached hydrogen (secondary N) is 1. The lowest BCUT2D eigenvalue weighted by molar-refractivity contribution is 0.405. The highest BCUT2D eigenvalue weighted by molar-refractivity contribution is 5.33. The molecule has 1 N–H and O–H groups in total. The maximum Gasteiger partial charge on any atom is 0.00440 e. The maximum atomic E-state index is 3.32. The van der Waals surface area contributed by atoms with Crippen LogP contribution in [0.25, 0.3) is 0 Å². The number of benzene rings is 1. The van der Waals surface area contributed by atoms with Crippen molar-refractivity contribution < 1.29 is 0 Å². The Hall–Kier alpha value is -0.820. The van der Waals surface area contributed by atoms with Gasteiger partial charge in [0.25, 0.3) is 0 Å². The van der Waals surface area contributed by atoms with Crippen LogP contribution in [0.1, 0.15) is 43.9 Å². The molecule has 90 valence electrons. The fourth-order valence-electron chi connectivity index (χ4n) is 2.35. The van der Waals surface area contributed by atoms with Gasteiger partial charge in [0.1, 0.15) is 0 Å². The van der Waals surface area contributed by atoms with Gasteiger partial charge in [0.05, 0.1) is 0 Å². The van der Waals surface area contributed by atoms with Crippen molar-refractivity contribution in [1.29, 1.82) is 0 Å². The second-order valence-electron chi connectivity index (χ2n) is 5.65. The summed E-state index contributed by atoms with van der Waals surface area (Å²) in [5.41, 5.74) is 4.41. The molecule has 0 aliphatic carbocycles. The lowest BCUT2D eigenvalue weighted by Crippen LogP contribution is -2.31. The first-order valence-corrected chi connectivity index (χ1v) is 6.11. The predicted octanol–water partition coefficient (Wildman–Crippen LogP) is 3.58. The molecule has 0 heterocycles. The molecule has 1 aromatic carbocycles. The van der Waals surface area contributed by atoms with Crippen LogP contribution < -0.4 is 5.32 Å². The van der Waals surface area contributed by atoms with Gasteiger partial charge in [0, 0.05) is 6.04 Å². The van der Waals surface area contributed by atoms with E-state index in [1.54, 1.807) is 0 Å². The highest BCUT2D eigenvalue weighted by Gasteiger charge is 2.23. The molecular weight excluding hydrogens is 194 g/mol. The zero-order chi connectivity index (χ0) is 12.3. The molecule has 0 aromatic heterocycles. The molecule has 0 aliphatic rings. The minimum atomic E-state index is 0.235. The van der Waals surface area contributed by atoms with Crippen LogP contribution in [0.5, 0.6) is 0 Å². The van der Waals surface area contributed by atoms with E-state index in [1.807, 2.05) is 7.05 Å². The van der Waals surface area contributed by atoms with E-state index in [2.05, 4.69) is 58.1 Å². The van der Waals surface area contributed by atoms with Gasteiger partial charge in [-0.1, -0.05) is 43.2 Å². The normalized spacial score (nSPS) is 13.9. The summed E-state index contributed by atoms with van der Waals surface area (Å²) in [7, 11) is 2.03. The zero-order valence-corrected chi connectivity index (χ0v) is 11.5. The van der Waals surface area contributed by atoms with E-state index in [0.29, 0.717) is 6.04 Å². The molecule has 0 radical (unpaired) electrons. The second-order valence-corrected chi connectivity index (χ2v) is 5.65. The van der Waals surface area contributed by atoms with Gasteiger partial charge in [-0.15, -0.1) is 0 Å². The summed E-state index contributed by atoms with van der Waals surface area (Å²) in [5, 5.41) is 3.32. The summed E-state index contributed by atoms with van der Waals surface area (Å²) in [5.74, 6) is 0. The molecule has 0 saturated carbocycles. The first-order chi connectivity index (χ1) is 7.35. The van der Waals surface area contributed by atoms with Crippen molar-refractivity contribution in [2.24, 2.45) is 0 Å². The first kappa shape index (κ1) is 13.2. The van der Waals surface area contributed by atoms with E-state index in [0.717, 1.165) is 6.42 Å². The van der Waals surface area contributed by atoms with E-state index in [-0.39, 0.29) is 5.41 Å². The fraction of sp³-hybridized carbons (Fsp3) is 0.600. The third-order valence-electron chi connectivity index (χ3n) is 3.31. The topological polar surface area (TPSA) is 12.0 Å². The predicted molar refractivity (Wildman–Crippen MR) is 72.1 cm³/mol. The largest absolute Gasteiger partial charge is 0.317 e. The number of rotatable bonds is 4. The summed E-state index contributed by atoms with van der Waals surface area (Å²) in [6, 6.07) is 7.42. The molecule has 0 saturated heterocycles. The molecular formula is C15H25N. The molecule has 1 nitrogen and oxygen atoms in total. The average Bonchev–Trinajstić information content (AvgIpc) is 2.15. The zero-order valence-electron chi connectivity index (χ0n) is 11.5. The van der Waals surface area contributed by atoms with Gasteiger partial charge < -0.3 is 5.32 Å². The molecule has 0 spiro atoms. The van der Waals surface area contributed by atoms with Crippen molar-refractivity contribution in [3.8, 4) is 0 Å². The Kier molecular flexibility index (Phi) is 4.15. The lowest BCUT2D eigenvalue weighted by atomic mass is 9.78. The Morgan fingerprint density at radius 3 is 2.06 bits per heavy atom. The van der Waals surface area contributed by atoms with Crippen LogP contribution in [0.4, 0.5) is 0 Å². The smallest absolute Gasteiger partial charge is 0.00440 e. The summed E-state index contributed by atoms with van der Waals surface area (Å²) in [4.78, 5) is 0. The van der Waals surface area contributed by atoms with Gasteiger partial charge in [-0.3, -0.25) is 0 Å². The molecule has 0 fully saturated rings. The van der Waals surface area contributed by atoms with E-state index in [4.69, 9.17) is 0 Å². The maximum absolute atomic E-state index is 3.32. The van der Waals surface area contributed by atoms with Crippen LogP contribution >= 0.6 is 0 Å². The first-order valence-electron chi connectivity index (χ1n) is 6.11. The third kappa shape index (κ3) is 3.34. The molecule has 16 heavy (non-hydrogen) atoms. The van der Waals surface area contributed by atoms with E-state index in [1.165, 1.54) is 16.7 Å². The molecule has 1 rings (SSSR count). The van der Waals surface area contributed by atoms with Crippen molar-refractivity contribution in [1.82, 2.24) is 5.32 Å². The highest BCUT2D eigenvalue weighted by Crippen LogP contribution is 2.29. The fourth-order valence-corrected chi connectivity index (χ4v) is 2.35. The van der Waals surface area contributed by atoms with Gasteiger partial charge in [0.2, 0.25) is 0 Å². The minimum absolute atomic E-state index is 0.235. The minimum Gasteiger partial charge on any atom is -0.317 e. The Balaban J connectivity index is 2.96. The third-order valence-corrected chi connectivity index (χ3v) is 3.31. The van der Waals surface area contributed by atoms with E-state index >= 15 is 0 Å². The van der Waals surface area contributed by atoms with Crippen molar-refractivity contribution in [2.75, 3.05) is 7.05 Å².